The number of hydrogen-bond donors (Lipinski definition) is 2. The largest absolute Gasteiger partial charge is 0.481 e. The third-order valence-electron chi connectivity index (χ3n) is 3.28. The van der Waals surface area contributed by atoms with E-state index in [1.165, 1.54) is 0 Å². The molecule has 1 aliphatic rings. The number of aliphatic carboxylic acids is 1. The van der Waals surface area contributed by atoms with Gasteiger partial charge in [0.2, 0.25) is 0 Å². The summed E-state index contributed by atoms with van der Waals surface area (Å²) in [5.74, 6) is -0.524. The highest BCUT2D eigenvalue weighted by atomic mass is 35.5. The van der Waals surface area contributed by atoms with Gasteiger partial charge in [0.25, 0.3) is 0 Å². The van der Waals surface area contributed by atoms with Crippen molar-refractivity contribution in [1.82, 2.24) is 0 Å². The van der Waals surface area contributed by atoms with E-state index in [-0.39, 0.29) is 29.8 Å². The third kappa shape index (κ3) is 1.97. The van der Waals surface area contributed by atoms with Crippen LogP contribution in [0.3, 0.4) is 0 Å². The standard InChI is InChI=1S/C9H17NO2.ClH/c1-5(10)6-4-7(8(11)12)9(6,2)3;/h5-7H,4,10H2,1-3H3,(H,11,12);1H/t5?,6-,7+;/m0./s1. The summed E-state index contributed by atoms with van der Waals surface area (Å²) < 4.78 is 0. The minimum Gasteiger partial charge on any atom is -0.481 e. The second kappa shape index (κ2) is 3.84. The molecule has 0 aromatic rings. The summed E-state index contributed by atoms with van der Waals surface area (Å²) in [5, 5.41) is 8.83. The van der Waals surface area contributed by atoms with Crippen molar-refractivity contribution in [3.63, 3.8) is 0 Å². The Labute approximate surface area is 85.1 Å². The van der Waals surface area contributed by atoms with Crippen molar-refractivity contribution >= 4 is 18.4 Å². The molecule has 3 N–H and O–H groups in total. The van der Waals surface area contributed by atoms with E-state index in [0.717, 1.165) is 6.42 Å². The van der Waals surface area contributed by atoms with Crippen LogP contribution in [0.1, 0.15) is 27.2 Å². The van der Waals surface area contributed by atoms with Crippen LogP contribution >= 0.6 is 12.4 Å². The van der Waals surface area contributed by atoms with Crippen LogP contribution in [0.15, 0.2) is 0 Å². The zero-order valence-corrected chi connectivity index (χ0v) is 9.10. The number of hydrogen-bond acceptors (Lipinski definition) is 2. The lowest BCUT2D eigenvalue weighted by atomic mass is 9.53. The van der Waals surface area contributed by atoms with Gasteiger partial charge in [-0.15, -0.1) is 12.4 Å². The van der Waals surface area contributed by atoms with E-state index in [1.807, 2.05) is 20.8 Å². The van der Waals surface area contributed by atoms with Crippen molar-refractivity contribution in [3.8, 4) is 0 Å². The fraction of sp³-hybridized carbons (Fsp3) is 0.889. The molecule has 1 unspecified atom stereocenters. The molecule has 0 aromatic heterocycles. The summed E-state index contributed by atoms with van der Waals surface area (Å²) in [7, 11) is 0. The quantitative estimate of drug-likeness (QED) is 0.722. The lowest BCUT2D eigenvalue weighted by molar-refractivity contribution is -0.159. The van der Waals surface area contributed by atoms with Crippen molar-refractivity contribution < 1.29 is 9.90 Å². The van der Waals surface area contributed by atoms with Crippen molar-refractivity contribution in [2.45, 2.75) is 33.2 Å². The molecule has 0 aliphatic heterocycles. The van der Waals surface area contributed by atoms with Gasteiger partial charge < -0.3 is 10.8 Å². The molecular weight excluding hydrogens is 190 g/mol. The van der Waals surface area contributed by atoms with E-state index < -0.39 is 5.97 Å². The molecule has 3 atom stereocenters. The molecule has 0 radical (unpaired) electrons. The Bertz CT molecular complexity index is 204. The second-order valence-corrected chi connectivity index (χ2v) is 4.41. The first-order valence-corrected chi connectivity index (χ1v) is 4.35. The van der Waals surface area contributed by atoms with Gasteiger partial charge in [0, 0.05) is 6.04 Å². The van der Waals surface area contributed by atoms with Gasteiger partial charge in [0.15, 0.2) is 0 Å². The fourth-order valence-electron chi connectivity index (χ4n) is 2.27. The number of halogens is 1. The van der Waals surface area contributed by atoms with Crippen LogP contribution in [0.4, 0.5) is 0 Å². The summed E-state index contributed by atoms with van der Waals surface area (Å²) in [6, 6.07) is 0.107. The zero-order chi connectivity index (χ0) is 9.52. The predicted molar refractivity (Wildman–Crippen MR) is 53.9 cm³/mol. The maximum absolute atomic E-state index is 10.7. The summed E-state index contributed by atoms with van der Waals surface area (Å²) in [5.41, 5.74) is 5.62. The maximum atomic E-state index is 10.7. The van der Waals surface area contributed by atoms with Crippen molar-refractivity contribution in [2.24, 2.45) is 23.0 Å². The van der Waals surface area contributed by atoms with Crippen LogP contribution in [0, 0.1) is 17.3 Å². The van der Waals surface area contributed by atoms with Crippen molar-refractivity contribution in [3.05, 3.63) is 0 Å². The smallest absolute Gasteiger partial charge is 0.307 e. The normalized spacial score (nSPS) is 32.6. The predicted octanol–water partition coefficient (Wildman–Crippen LogP) is 1.50. The number of nitrogens with two attached hydrogens (primary N) is 1. The van der Waals surface area contributed by atoms with Crippen LogP contribution in [-0.4, -0.2) is 17.1 Å². The van der Waals surface area contributed by atoms with E-state index in [0.29, 0.717) is 5.92 Å². The number of rotatable bonds is 2. The lowest BCUT2D eigenvalue weighted by Crippen LogP contribution is -2.54. The Balaban J connectivity index is 0.00000144. The summed E-state index contributed by atoms with van der Waals surface area (Å²) >= 11 is 0. The van der Waals surface area contributed by atoms with Gasteiger partial charge in [-0.05, 0) is 24.7 Å². The van der Waals surface area contributed by atoms with E-state index in [2.05, 4.69) is 0 Å². The summed E-state index contributed by atoms with van der Waals surface area (Å²) in [6.07, 6.45) is 0.736. The molecule has 3 nitrogen and oxygen atoms in total. The molecule has 0 aromatic carbocycles. The molecule has 78 valence electrons. The molecule has 1 fully saturated rings. The van der Waals surface area contributed by atoms with Gasteiger partial charge in [-0.2, -0.15) is 0 Å². The first kappa shape index (κ1) is 12.7. The second-order valence-electron chi connectivity index (χ2n) is 4.41. The van der Waals surface area contributed by atoms with Crippen LogP contribution in [-0.2, 0) is 4.79 Å². The van der Waals surface area contributed by atoms with E-state index in [1.54, 1.807) is 0 Å². The van der Waals surface area contributed by atoms with E-state index >= 15 is 0 Å². The molecule has 1 rings (SSSR count). The monoisotopic (exact) mass is 207 g/mol. The molecule has 4 heteroatoms. The van der Waals surface area contributed by atoms with Crippen molar-refractivity contribution in [1.29, 1.82) is 0 Å². The molecular formula is C9H18ClNO2. The highest BCUT2D eigenvalue weighted by Gasteiger charge is 2.52. The Kier molecular flexibility index (Phi) is 3.76. The van der Waals surface area contributed by atoms with Gasteiger partial charge in [-0.1, -0.05) is 13.8 Å². The van der Waals surface area contributed by atoms with Gasteiger partial charge >= 0.3 is 5.97 Å². The highest BCUT2D eigenvalue weighted by molar-refractivity contribution is 5.85. The van der Waals surface area contributed by atoms with Gasteiger partial charge in [-0.25, -0.2) is 0 Å². The minimum atomic E-state index is -0.683. The van der Waals surface area contributed by atoms with Crippen LogP contribution in [0.25, 0.3) is 0 Å². The fourth-order valence-corrected chi connectivity index (χ4v) is 2.27. The molecule has 1 aliphatic carbocycles. The van der Waals surface area contributed by atoms with Gasteiger partial charge in [0.05, 0.1) is 5.92 Å². The number of carboxylic acid groups (broad SMARTS) is 1. The minimum absolute atomic E-state index is 0. The molecule has 13 heavy (non-hydrogen) atoms. The van der Waals surface area contributed by atoms with Crippen LogP contribution in [0.2, 0.25) is 0 Å². The van der Waals surface area contributed by atoms with Crippen molar-refractivity contribution in [2.75, 3.05) is 0 Å². The Hall–Kier alpha value is -0.280. The Morgan fingerprint density at radius 3 is 2.31 bits per heavy atom. The molecule has 0 bridgehead atoms. The Morgan fingerprint density at radius 2 is 2.08 bits per heavy atom. The maximum Gasteiger partial charge on any atom is 0.307 e. The Morgan fingerprint density at radius 1 is 1.62 bits per heavy atom. The topological polar surface area (TPSA) is 63.3 Å². The highest BCUT2D eigenvalue weighted by Crippen LogP contribution is 2.52. The molecule has 0 heterocycles. The van der Waals surface area contributed by atoms with Crippen LogP contribution < -0.4 is 5.73 Å². The molecule has 0 spiro atoms. The van der Waals surface area contributed by atoms with Crippen LogP contribution in [0.5, 0.6) is 0 Å². The zero-order valence-electron chi connectivity index (χ0n) is 8.28. The molecule has 0 amide bonds. The van der Waals surface area contributed by atoms with Gasteiger partial charge in [0.1, 0.15) is 0 Å². The van der Waals surface area contributed by atoms with Gasteiger partial charge in [-0.3, -0.25) is 4.79 Å². The summed E-state index contributed by atoms with van der Waals surface area (Å²) in [4.78, 5) is 10.7. The average molecular weight is 208 g/mol. The number of carbonyl (C=O) groups is 1. The SMILES string of the molecule is CC(N)[C@@H]1C[C@H](C(=O)O)C1(C)C.Cl. The first-order chi connectivity index (χ1) is 5.37. The first-order valence-electron chi connectivity index (χ1n) is 4.35. The van der Waals surface area contributed by atoms with E-state index in [4.69, 9.17) is 10.8 Å². The lowest BCUT2D eigenvalue weighted by Gasteiger charge is -2.51. The third-order valence-corrected chi connectivity index (χ3v) is 3.28. The molecule has 1 saturated carbocycles. The molecule has 0 saturated heterocycles. The van der Waals surface area contributed by atoms with E-state index in [9.17, 15) is 4.79 Å². The summed E-state index contributed by atoms with van der Waals surface area (Å²) in [6.45, 7) is 5.93. The number of carboxylic acids is 1. The average Bonchev–Trinajstić information content (AvgIpc) is 1.83.